The van der Waals surface area contributed by atoms with E-state index < -0.39 is 30.0 Å². The molecular weight excluding hydrogens is 263 g/mol. The maximum Gasteiger partial charge on any atom is 0.416 e. The van der Waals surface area contributed by atoms with Gasteiger partial charge in [-0.25, -0.2) is 0 Å². The number of hydrogen-bond acceptors (Lipinski definition) is 3. The maximum absolute atomic E-state index is 12.6. The Morgan fingerprint density at radius 2 is 1.95 bits per heavy atom. The summed E-state index contributed by atoms with van der Waals surface area (Å²) >= 11 is 0. The summed E-state index contributed by atoms with van der Waals surface area (Å²) in [6.07, 6.45) is -5.04. The van der Waals surface area contributed by atoms with Crippen LogP contribution in [-0.4, -0.2) is 19.0 Å². The molecule has 0 spiro atoms. The predicted molar refractivity (Wildman–Crippen MR) is 61.4 cm³/mol. The van der Waals surface area contributed by atoms with Gasteiger partial charge in [-0.1, -0.05) is 6.07 Å². The SMILES string of the molecule is COC(=O)CC(=O)Nc1cccc(C(F)(F)F)c1C. The molecule has 7 heteroatoms. The number of carbonyl (C=O) groups is 2. The fraction of sp³-hybridized carbons (Fsp3) is 0.333. The lowest BCUT2D eigenvalue weighted by molar-refractivity contribution is -0.143. The number of nitrogens with one attached hydrogen (secondary N) is 1. The van der Waals surface area contributed by atoms with Crippen molar-refractivity contribution in [2.45, 2.75) is 19.5 Å². The van der Waals surface area contributed by atoms with Crippen LogP contribution in [0.15, 0.2) is 18.2 Å². The third kappa shape index (κ3) is 3.97. The smallest absolute Gasteiger partial charge is 0.416 e. The maximum atomic E-state index is 12.6. The largest absolute Gasteiger partial charge is 0.469 e. The summed E-state index contributed by atoms with van der Waals surface area (Å²) in [5, 5.41) is 2.25. The van der Waals surface area contributed by atoms with Crippen LogP contribution in [0.4, 0.5) is 18.9 Å². The average molecular weight is 275 g/mol. The Bertz CT molecular complexity index is 497. The first-order valence-corrected chi connectivity index (χ1v) is 5.29. The van der Waals surface area contributed by atoms with Crippen LogP contribution in [0.2, 0.25) is 0 Å². The van der Waals surface area contributed by atoms with E-state index in [0.29, 0.717) is 0 Å². The third-order valence-electron chi connectivity index (χ3n) is 2.45. The van der Waals surface area contributed by atoms with Crippen molar-refractivity contribution in [3.8, 4) is 0 Å². The zero-order chi connectivity index (χ0) is 14.6. The summed E-state index contributed by atoms with van der Waals surface area (Å²) in [5.74, 6) is -1.49. The van der Waals surface area contributed by atoms with Crippen molar-refractivity contribution in [1.82, 2.24) is 0 Å². The van der Waals surface area contributed by atoms with E-state index in [9.17, 15) is 22.8 Å². The Balaban J connectivity index is 2.91. The van der Waals surface area contributed by atoms with Crippen molar-refractivity contribution in [2.24, 2.45) is 0 Å². The van der Waals surface area contributed by atoms with Crippen LogP contribution in [0.3, 0.4) is 0 Å². The number of ether oxygens (including phenoxy) is 1. The number of anilines is 1. The van der Waals surface area contributed by atoms with Gasteiger partial charge in [0.2, 0.25) is 5.91 Å². The zero-order valence-corrected chi connectivity index (χ0v) is 10.3. The van der Waals surface area contributed by atoms with Crippen molar-refractivity contribution in [1.29, 1.82) is 0 Å². The lowest BCUT2D eigenvalue weighted by Crippen LogP contribution is -2.18. The quantitative estimate of drug-likeness (QED) is 0.681. The van der Waals surface area contributed by atoms with E-state index in [2.05, 4.69) is 10.1 Å². The Kier molecular flexibility index (Phi) is 4.52. The second-order valence-corrected chi connectivity index (χ2v) is 3.78. The minimum absolute atomic E-state index is 0.0173. The molecule has 0 radical (unpaired) electrons. The van der Waals surface area contributed by atoms with E-state index in [0.717, 1.165) is 13.2 Å². The molecule has 1 aromatic carbocycles. The topological polar surface area (TPSA) is 55.4 Å². The summed E-state index contributed by atoms with van der Waals surface area (Å²) in [6, 6.07) is 3.44. The van der Waals surface area contributed by atoms with Gasteiger partial charge in [0.15, 0.2) is 0 Å². The average Bonchev–Trinajstić information content (AvgIpc) is 2.30. The van der Waals surface area contributed by atoms with Gasteiger partial charge < -0.3 is 10.1 Å². The predicted octanol–water partition coefficient (Wildman–Crippen LogP) is 2.52. The molecule has 0 unspecified atom stereocenters. The molecule has 1 N–H and O–H groups in total. The molecule has 0 atom stereocenters. The van der Waals surface area contributed by atoms with Gasteiger partial charge in [-0.05, 0) is 24.6 Å². The van der Waals surface area contributed by atoms with Crippen molar-refractivity contribution >= 4 is 17.6 Å². The zero-order valence-electron chi connectivity index (χ0n) is 10.3. The molecule has 0 saturated heterocycles. The lowest BCUT2D eigenvalue weighted by atomic mass is 10.1. The molecule has 0 bridgehead atoms. The number of esters is 1. The van der Waals surface area contributed by atoms with E-state index in [1.54, 1.807) is 0 Å². The number of benzene rings is 1. The summed E-state index contributed by atoms with van der Waals surface area (Å²) < 4.78 is 42.2. The van der Waals surface area contributed by atoms with Gasteiger partial charge in [0.1, 0.15) is 6.42 Å². The van der Waals surface area contributed by atoms with E-state index >= 15 is 0 Å². The first-order chi connectivity index (χ1) is 8.75. The highest BCUT2D eigenvalue weighted by Crippen LogP contribution is 2.34. The number of halogens is 3. The molecule has 19 heavy (non-hydrogen) atoms. The fourth-order valence-corrected chi connectivity index (χ4v) is 1.48. The van der Waals surface area contributed by atoms with Crippen LogP contribution in [0.25, 0.3) is 0 Å². The summed E-state index contributed by atoms with van der Waals surface area (Å²) in [7, 11) is 1.12. The Morgan fingerprint density at radius 1 is 1.32 bits per heavy atom. The van der Waals surface area contributed by atoms with Gasteiger partial charge in [0.05, 0.1) is 12.7 Å². The van der Waals surface area contributed by atoms with Crippen LogP contribution in [0.5, 0.6) is 0 Å². The van der Waals surface area contributed by atoms with Gasteiger partial charge in [-0.15, -0.1) is 0 Å². The molecule has 0 fully saturated rings. The van der Waals surface area contributed by atoms with Crippen molar-refractivity contribution in [2.75, 3.05) is 12.4 Å². The highest BCUT2D eigenvalue weighted by molar-refractivity contribution is 6.02. The number of hydrogen-bond donors (Lipinski definition) is 1. The number of methoxy groups -OCH3 is 1. The highest BCUT2D eigenvalue weighted by atomic mass is 19.4. The molecule has 4 nitrogen and oxygen atoms in total. The van der Waals surface area contributed by atoms with Gasteiger partial charge in [-0.2, -0.15) is 13.2 Å². The standard InChI is InChI=1S/C12H12F3NO3/c1-7-8(12(13,14)15)4-3-5-9(7)16-10(17)6-11(18)19-2/h3-5H,6H2,1-2H3,(H,16,17). The number of alkyl halides is 3. The lowest BCUT2D eigenvalue weighted by Gasteiger charge is -2.14. The summed E-state index contributed by atoms with van der Waals surface area (Å²) in [5.41, 5.74) is -0.916. The molecule has 0 aliphatic heterocycles. The molecule has 104 valence electrons. The Morgan fingerprint density at radius 3 is 2.47 bits per heavy atom. The van der Waals surface area contributed by atoms with Crippen LogP contribution < -0.4 is 5.32 Å². The fourth-order valence-electron chi connectivity index (χ4n) is 1.48. The first kappa shape index (κ1) is 15.0. The normalized spacial score (nSPS) is 11.0. The van der Waals surface area contributed by atoms with E-state index in [-0.39, 0.29) is 11.3 Å². The molecule has 0 saturated carbocycles. The molecule has 0 aromatic heterocycles. The Hall–Kier alpha value is -2.05. The summed E-state index contributed by atoms with van der Waals surface area (Å²) in [4.78, 5) is 22.3. The molecule has 1 amide bonds. The summed E-state index contributed by atoms with van der Waals surface area (Å²) in [6.45, 7) is 1.25. The van der Waals surface area contributed by atoms with Crippen LogP contribution in [0, 0.1) is 6.92 Å². The molecular formula is C12H12F3NO3. The molecule has 0 aliphatic carbocycles. The van der Waals surface area contributed by atoms with Gasteiger partial charge in [0, 0.05) is 5.69 Å². The second-order valence-electron chi connectivity index (χ2n) is 3.78. The molecule has 0 aliphatic rings. The van der Waals surface area contributed by atoms with Crippen LogP contribution in [-0.2, 0) is 20.5 Å². The first-order valence-electron chi connectivity index (χ1n) is 5.29. The number of amides is 1. The molecule has 0 heterocycles. The van der Waals surface area contributed by atoms with Crippen LogP contribution in [0.1, 0.15) is 17.5 Å². The van der Waals surface area contributed by atoms with Gasteiger partial charge in [0.25, 0.3) is 0 Å². The minimum atomic E-state index is -4.49. The van der Waals surface area contributed by atoms with Crippen molar-refractivity contribution in [3.63, 3.8) is 0 Å². The van der Waals surface area contributed by atoms with Crippen LogP contribution >= 0.6 is 0 Å². The second kappa shape index (κ2) is 5.73. The van der Waals surface area contributed by atoms with Crippen molar-refractivity contribution < 1.29 is 27.5 Å². The third-order valence-corrected chi connectivity index (χ3v) is 2.45. The highest BCUT2D eigenvalue weighted by Gasteiger charge is 2.33. The Labute approximate surface area is 107 Å². The number of carbonyl (C=O) groups excluding carboxylic acids is 2. The van der Waals surface area contributed by atoms with Gasteiger partial charge >= 0.3 is 12.1 Å². The number of rotatable bonds is 3. The molecule has 1 aromatic rings. The monoisotopic (exact) mass is 275 g/mol. The molecule has 1 rings (SSSR count). The van der Waals surface area contributed by atoms with Crippen molar-refractivity contribution in [3.05, 3.63) is 29.3 Å². The van der Waals surface area contributed by atoms with E-state index in [4.69, 9.17) is 0 Å². The van der Waals surface area contributed by atoms with E-state index in [1.165, 1.54) is 19.1 Å². The minimum Gasteiger partial charge on any atom is -0.469 e. The van der Waals surface area contributed by atoms with E-state index in [1.807, 2.05) is 0 Å². The van der Waals surface area contributed by atoms with Gasteiger partial charge in [-0.3, -0.25) is 9.59 Å².